The van der Waals surface area contributed by atoms with E-state index in [0.717, 1.165) is 0 Å². The largest absolute Gasteiger partial charge is 0.352 e. The number of rotatable bonds is 4. The van der Waals surface area contributed by atoms with Crippen molar-refractivity contribution in [3.8, 4) is 12.3 Å². The van der Waals surface area contributed by atoms with E-state index in [-0.39, 0.29) is 17.9 Å². The summed E-state index contributed by atoms with van der Waals surface area (Å²) in [6.07, 6.45) is 5.73. The van der Waals surface area contributed by atoms with E-state index >= 15 is 0 Å². The van der Waals surface area contributed by atoms with Crippen LogP contribution in [0.25, 0.3) is 0 Å². The first kappa shape index (κ1) is 12.0. The molecule has 0 aromatic heterocycles. The van der Waals surface area contributed by atoms with Crippen LogP contribution in [0.5, 0.6) is 0 Å². The average molecular weight is 181 g/mol. The van der Waals surface area contributed by atoms with Gasteiger partial charge in [0, 0.05) is 18.4 Å². The third-order valence-electron chi connectivity index (χ3n) is 2.23. The van der Waals surface area contributed by atoms with Crippen LogP contribution < -0.4 is 5.32 Å². The van der Waals surface area contributed by atoms with Crippen molar-refractivity contribution in [1.82, 2.24) is 5.32 Å². The van der Waals surface area contributed by atoms with Gasteiger partial charge in [0.15, 0.2) is 0 Å². The van der Waals surface area contributed by atoms with E-state index in [9.17, 15) is 4.79 Å². The summed E-state index contributed by atoms with van der Waals surface area (Å²) in [4.78, 5) is 11.5. The summed E-state index contributed by atoms with van der Waals surface area (Å²) in [5.74, 6) is 3.05. The van der Waals surface area contributed by atoms with Crippen molar-refractivity contribution in [2.24, 2.45) is 11.8 Å². The molecule has 0 aliphatic carbocycles. The average Bonchev–Trinajstić information content (AvgIpc) is 2.03. The summed E-state index contributed by atoms with van der Waals surface area (Å²) in [6.45, 7) is 7.93. The van der Waals surface area contributed by atoms with Crippen molar-refractivity contribution >= 4 is 5.91 Å². The Morgan fingerprint density at radius 3 is 2.31 bits per heavy atom. The Labute approximate surface area is 81.1 Å². The molecule has 0 aliphatic heterocycles. The maximum Gasteiger partial charge on any atom is 0.223 e. The highest BCUT2D eigenvalue weighted by Crippen LogP contribution is 2.09. The predicted molar refractivity (Wildman–Crippen MR) is 55.1 cm³/mol. The van der Waals surface area contributed by atoms with Gasteiger partial charge in [0.1, 0.15) is 0 Å². The van der Waals surface area contributed by atoms with E-state index < -0.39 is 0 Å². The zero-order chi connectivity index (χ0) is 10.4. The third kappa shape index (κ3) is 4.57. The summed E-state index contributed by atoms with van der Waals surface area (Å²) in [5, 5.41) is 2.88. The maximum absolute atomic E-state index is 11.5. The van der Waals surface area contributed by atoms with Gasteiger partial charge in [-0.2, -0.15) is 0 Å². The molecule has 0 saturated carbocycles. The molecule has 74 valence electrons. The Balaban J connectivity index is 3.94. The fraction of sp³-hybridized carbons (Fsp3) is 0.727. The monoisotopic (exact) mass is 181 g/mol. The third-order valence-corrected chi connectivity index (χ3v) is 2.23. The first-order valence-electron chi connectivity index (χ1n) is 4.72. The number of terminal acetylenes is 1. The lowest BCUT2D eigenvalue weighted by Gasteiger charge is -2.18. The lowest BCUT2D eigenvalue weighted by Crippen LogP contribution is -2.37. The SMILES string of the molecule is C#CCC(C)NC(=O)C(C)C(C)C. The van der Waals surface area contributed by atoms with Crippen molar-refractivity contribution in [2.75, 3.05) is 0 Å². The van der Waals surface area contributed by atoms with Gasteiger partial charge in [0.2, 0.25) is 5.91 Å². The highest BCUT2D eigenvalue weighted by atomic mass is 16.1. The number of carbonyl (C=O) groups excluding carboxylic acids is 1. The molecular weight excluding hydrogens is 162 g/mol. The molecule has 13 heavy (non-hydrogen) atoms. The molecular formula is C11H19NO. The summed E-state index contributed by atoms with van der Waals surface area (Å²) in [7, 11) is 0. The Hall–Kier alpha value is -0.970. The van der Waals surface area contributed by atoms with Gasteiger partial charge < -0.3 is 5.32 Å². The van der Waals surface area contributed by atoms with Crippen LogP contribution in [0.2, 0.25) is 0 Å². The number of amides is 1. The van der Waals surface area contributed by atoms with Gasteiger partial charge in [0.25, 0.3) is 0 Å². The van der Waals surface area contributed by atoms with Crippen molar-refractivity contribution < 1.29 is 4.79 Å². The lowest BCUT2D eigenvalue weighted by atomic mass is 9.97. The molecule has 1 N–H and O–H groups in total. The molecule has 2 heteroatoms. The van der Waals surface area contributed by atoms with Crippen molar-refractivity contribution in [3.63, 3.8) is 0 Å². The van der Waals surface area contributed by atoms with Crippen molar-refractivity contribution in [3.05, 3.63) is 0 Å². The minimum Gasteiger partial charge on any atom is -0.352 e. The molecule has 0 spiro atoms. The molecule has 2 unspecified atom stereocenters. The second kappa shape index (κ2) is 5.64. The molecule has 0 bridgehead atoms. The standard InChI is InChI=1S/C11H19NO/c1-6-7-9(4)12-11(13)10(5)8(2)3/h1,8-10H,7H2,2-5H3,(H,12,13). The van der Waals surface area contributed by atoms with E-state index in [1.54, 1.807) is 0 Å². The minimum absolute atomic E-state index is 0.0558. The molecule has 0 aromatic rings. The van der Waals surface area contributed by atoms with Crippen molar-refractivity contribution in [1.29, 1.82) is 0 Å². The topological polar surface area (TPSA) is 29.1 Å². The first-order chi connectivity index (χ1) is 5.99. The molecule has 0 aliphatic rings. The summed E-state index contributed by atoms with van der Waals surface area (Å²) in [5.41, 5.74) is 0. The highest BCUT2D eigenvalue weighted by molar-refractivity contribution is 5.78. The molecule has 0 rings (SSSR count). The second-order valence-corrected chi connectivity index (χ2v) is 3.85. The van der Waals surface area contributed by atoms with Gasteiger partial charge >= 0.3 is 0 Å². The van der Waals surface area contributed by atoms with Gasteiger partial charge in [-0.05, 0) is 12.8 Å². The van der Waals surface area contributed by atoms with Crippen LogP contribution in [-0.4, -0.2) is 11.9 Å². The molecule has 0 saturated heterocycles. The minimum atomic E-state index is 0.0558. The number of hydrogen-bond donors (Lipinski definition) is 1. The zero-order valence-corrected chi connectivity index (χ0v) is 8.92. The van der Waals surface area contributed by atoms with Gasteiger partial charge in [-0.15, -0.1) is 12.3 Å². The van der Waals surface area contributed by atoms with Crippen LogP contribution in [0, 0.1) is 24.2 Å². The van der Waals surface area contributed by atoms with Gasteiger partial charge in [-0.25, -0.2) is 0 Å². The van der Waals surface area contributed by atoms with Crippen LogP contribution >= 0.6 is 0 Å². The van der Waals surface area contributed by atoms with Gasteiger partial charge in [-0.3, -0.25) is 4.79 Å². The summed E-state index contributed by atoms with van der Waals surface area (Å²) >= 11 is 0. The van der Waals surface area contributed by atoms with Crippen LogP contribution in [0.4, 0.5) is 0 Å². The maximum atomic E-state index is 11.5. The number of carbonyl (C=O) groups is 1. The van der Waals surface area contributed by atoms with Gasteiger partial charge in [-0.1, -0.05) is 20.8 Å². The number of hydrogen-bond acceptors (Lipinski definition) is 1. The highest BCUT2D eigenvalue weighted by Gasteiger charge is 2.17. The summed E-state index contributed by atoms with van der Waals surface area (Å²) < 4.78 is 0. The lowest BCUT2D eigenvalue weighted by molar-refractivity contribution is -0.126. The normalized spacial score (nSPS) is 14.8. The zero-order valence-electron chi connectivity index (χ0n) is 8.92. The van der Waals surface area contributed by atoms with E-state index in [0.29, 0.717) is 12.3 Å². The Bertz CT molecular complexity index is 203. The first-order valence-corrected chi connectivity index (χ1v) is 4.72. The van der Waals surface area contributed by atoms with E-state index in [1.807, 2.05) is 27.7 Å². The Morgan fingerprint density at radius 2 is 1.92 bits per heavy atom. The van der Waals surface area contributed by atoms with Crippen molar-refractivity contribution in [2.45, 2.75) is 40.2 Å². The van der Waals surface area contributed by atoms with E-state index in [2.05, 4.69) is 11.2 Å². The van der Waals surface area contributed by atoms with Gasteiger partial charge in [0.05, 0.1) is 0 Å². The molecule has 1 amide bonds. The fourth-order valence-electron chi connectivity index (χ4n) is 0.905. The molecule has 2 nitrogen and oxygen atoms in total. The molecule has 0 fully saturated rings. The molecule has 0 radical (unpaired) electrons. The van der Waals surface area contributed by atoms with Crippen LogP contribution in [0.3, 0.4) is 0 Å². The predicted octanol–water partition coefficient (Wildman–Crippen LogP) is 1.81. The molecule has 2 atom stereocenters. The molecule has 0 aromatic carbocycles. The quantitative estimate of drug-likeness (QED) is 0.658. The number of nitrogens with one attached hydrogen (secondary N) is 1. The second-order valence-electron chi connectivity index (χ2n) is 3.85. The van der Waals surface area contributed by atoms with Crippen LogP contribution in [0.1, 0.15) is 34.1 Å². The smallest absolute Gasteiger partial charge is 0.223 e. The Kier molecular flexibility index (Phi) is 5.22. The van der Waals surface area contributed by atoms with E-state index in [1.165, 1.54) is 0 Å². The van der Waals surface area contributed by atoms with Crippen LogP contribution in [0.15, 0.2) is 0 Å². The van der Waals surface area contributed by atoms with Crippen LogP contribution in [-0.2, 0) is 4.79 Å². The fourth-order valence-corrected chi connectivity index (χ4v) is 0.905. The molecule has 0 heterocycles. The van der Waals surface area contributed by atoms with E-state index in [4.69, 9.17) is 6.42 Å². The Morgan fingerprint density at radius 1 is 1.38 bits per heavy atom. The summed E-state index contributed by atoms with van der Waals surface area (Å²) in [6, 6.07) is 0.0821.